The van der Waals surface area contributed by atoms with Crippen LogP contribution in [0.2, 0.25) is 0 Å². The van der Waals surface area contributed by atoms with Gasteiger partial charge in [0.05, 0.1) is 19.1 Å². The first-order valence-corrected chi connectivity index (χ1v) is 6.71. The van der Waals surface area contributed by atoms with Gasteiger partial charge in [0, 0.05) is 13.1 Å². The zero-order valence-corrected chi connectivity index (χ0v) is 11.0. The number of rotatable bonds is 9. The van der Waals surface area contributed by atoms with Crippen LogP contribution in [0.4, 0.5) is 0 Å². The van der Waals surface area contributed by atoms with Gasteiger partial charge >= 0.3 is 5.97 Å². The smallest absolute Gasteiger partial charge is 0.308 e. The van der Waals surface area contributed by atoms with E-state index in [0.29, 0.717) is 13.2 Å². The van der Waals surface area contributed by atoms with Crippen molar-refractivity contribution in [2.45, 2.75) is 45.6 Å². The molecular formula is C13H25NO3. The highest BCUT2D eigenvalue weighted by Crippen LogP contribution is 2.29. The number of hydrogen-bond acceptors (Lipinski definition) is 4. The third kappa shape index (κ3) is 6.64. The standard InChI is InChI=1S/C13H25NO3/c1-3-7-14(9-11-5-6-11)10-12(15)8-13(16)17-4-2/h11-12,15H,3-10H2,1-2H3. The fourth-order valence-electron chi connectivity index (χ4n) is 2.01. The molecule has 1 saturated carbocycles. The fraction of sp³-hybridized carbons (Fsp3) is 0.923. The van der Waals surface area contributed by atoms with Gasteiger partial charge in [-0.3, -0.25) is 4.79 Å². The second kappa shape index (κ2) is 7.67. The van der Waals surface area contributed by atoms with Crippen molar-refractivity contribution >= 4 is 5.97 Å². The van der Waals surface area contributed by atoms with Gasteiger partial charge in [-0.05, 0) is 38.6 Å². The number of aliphatic hydroxyl groups is 1. The molecule has 0 aliphatic heterocycles. The summed E-state index contributed by atoms with van der Waals surface area (Å²) in [5.41, 5.74) is 0. The van der Waals surface area contributed by atoms with E-state index in [1.54, 1.807) is 6.92 Å². The van der Waals surface area contributed by atoms with Crippen LogP contribution in [0.5, 0.6) is 0 Å². The van der Waals surface area contributed by atoms with Crippen molar-refractivity contribution in [3.63, 3.8) is 0 Å². The Kier molecular flexibility index (Phi) is 6.52. The molecule has 0 amide bonds. The first-order valence-electron chi connectivity index (χ1n) is 6.71. The molecule has 0 aromatic rings. The van der Waals surface area contributed by atoms with Gasteiger partial charge in [-0.1, -0.05) is 6.92 Å². The molecule has 1 N–H and O–H groups in total. The molecule has 0 bridgehead atoms. The molecule has 1 aliphatic rings. The van der Waals surface area contributed by atoms with Crippen LogP contribution in [-0.4, -0.2) is 48.3 Å². The van der Waals surface area contributed by atoms with Gasteiger partial charge in [0.2, 0.25) is 0 Å². The normalized spacial score (nSPS) is 17.2. The molecule has 4 nitrogen and oxygen atoms in total. The van der Waals surface area contributed by atoms with Crippen molar-refractivity contribution in [2.24, 2.45) is 5.92 Å². The molecule has 0 spiro atoms. The van der Waals surface area contributed by atoms with Crippen LogP contribution in [0.3, 0.4) is 0 Å². The minimum atomic E-state index is -0.598. The maximum absolute atomic E-state index is 11.2. The SMILES string of the molecule is CCCN(CC(O)CC(=O)OCC)CC1CC1. The van der Waals surface area contributed by atoms with Crippen molar-refractivity contribution in [3.05, 3.63) is 0 Å². The van der Waals surface area contributed by atoms with E-state index in [-0.39, 0.29) is 12.4 Å². The summed E-state index contributed by atoms with van der Waals surface area (Å²) in [5, 5.41) is 9.83. The van der Waals surface area contributed by atoms with Gasteiger partial charge in [0.15, 0.2) is 0 Å². The molecule has 1 fully saturated rings. The van der Waals surface area contributed by atoms with Gasteiger partial charge in [-0.2, -0.15) is 0 Å². The van der Waals surface area contributed by atoms with Gasteiger partial charge in [-0.25, -0.2) is 0 Å². The first kappa shape index (κ1) is 14.5. The van der Waals surface area contributed by atoms with E-state index in [4.69, 9.17) is 4.74 Å². The van der Waals surface area contributed by atoms with Crippen molar-refractivity contribution in [1.82, 2.24) is 4.90 Å². The molecule has 1 unspecified atom stereocenters. The van der Waals surface area contributed by atoms with Crippen LogP contribution >= 0.6 is 0 Å². The van der Waals surface area contributed by atoms with E-state index in [1.807, 2.05) is 0 Å². The maximum Gasteiger partial charge on any atom is 0.308 e. The highest BCUT2D eigenvalue weighted by molar-refractivity contribution is 5.69. The number of ether oxygens (including phenoxy) is 1. The Balaban J connectivity index is 2.23. The number of hydrogen-bond donors (Lipinski definition) is 1. The molecule has 1 atom stereocenters. The van der Waals surface area contributed by atoms with Gasteiger partial charge in [-0.15, -0.1) is 0 Å². The van der Waals surface area contributed by atoms with E-state index in [2.05, 4.69) is 11.8 Å². The van der Waals surface area contributed by atoms with E-state index in [0.717, 1.165) is 25.4 Å². The lowest BCUT2D eigenvalue weighted by Crippen LogP contribution is -2.35. The highest BCUT2D eigenvalue weighted by atomic mass is 16.5. The largest absolute Gasteiger partial charge is 0.466 e. The number of carbonyl (C=O) groups is 1. The zero-order valence-electron chi connectivity index (χ0n) is 11.0. The topological polar surface area (TPSA) is 49.8 Å². The predicted octanol–water partition coefficient (Wildman–Crippen LogP) is 1.42. The van der Waals surface area contributed by atoms with Crippen molar-refractivity contribution < 1.29 is 14.6 Å². The predicted molar refractivity (Wildman–Crippen MR) is 66.7 cm³/mol. The second-order valence-corrected chi connectivity index (χ2v) is 4.87. The summed E-state index contributed by atoms with van der Waals surface area (Å²) in [4.78, 5) is 13.5. The summed E-state index contributed by atoms with van der Waals surface area (Å²) in [6, 6.07) is 0. The Morgan fingerprint density at radius 3 is 2.71 bits per heavy atom. The number of esters is 1. The summed E-state index contributed by atoms with van der Waals surface area (Å²) >= 11 is 0. The Morgan fingerprint density at radius 2 is 2.18 bits per heavy atom. The Bertz CT molecular complexity index is 229. The van der Waals surface area contributed by atoms with Crippen LogP contribution in [0.1, 0.15) is 39.5 Å². The summed E-state index contributed by atoms with van der Waals surface area (Å²) in [5.74, 6) is 0.513. The second-order valence-electron chi connectivity index (χ2n) is 4.87. The highest BCUT2D eigenvalue weighted by Gasteiger charge is 2.25. The van der Waals surface area contributed by atoms with E-state index in [9.17, 15) is 9.90 Å². The Hall–Kier alpha value is -0.610. The molecule has 0 radical (unpaired) electrons. The van der Waals surface area contributed by atoms with Crippen molar-refractivity contribution in [2.75, 3.05) is 26.2 Å². The number of aliphatic hydroxyl groups excluding tert-OH is 1. The van der Waals surface area contributed by atoms with Crippen LogP contribution in [0.15, 0.2) is 0 Å². The molecule has 0 aromatic carbocycles. The summed E-state index contributed by atoms with van der Waals surface area (Å²) in [6.07, 6.45) is 3.22. The average Bonchev–Trinajstić information content (AvgIpc) is 3.01. The number of nitrogens with zero attached hydrogens (tertiary/aromatic N) is 1. The number of carbonyl (C=O) groups excluding carboxylic acids is 1. The molecule has 17 heavy (non-hydrogen) atoms. The summed E-state index contributed by atoms with van der Waals surface area (Å²) in [6.45, 7) is 6.94. The van der Waals surface area contributed by atoms with Crippen molar-refractivity contribution in [1.29, 1.82) is 0 Å². The Morgan fingerprint density at radius 1 is 1.47 bits per heavy atom. The summed E-state index contributed by atoms with van der Waals surface area (Å²) in [7, 11) is 0. The molecular weight excluding hydrogens is 218 g/mol. The lowest BCUT2D eigenvalue weighted by atomic mass is 10.2. The minimum Gasteiger partial charge on any atom is -0.466 e. The lowest BCUT2D eigenvalue weighted by Gasteiger charge is -2.24. The van der Waals surface area contributed by atoms with E-state index >= 15 is 0 Å². The molecule has 1 rings (SSSR count). The van der Waals surface area contributed by atoms with E-state index in [1.165, 1.54) is 12.8 Å². The molecule has 0 aromatic heterocycles. The van der Waals surface area contributed by atoms with Crippen LogP contribution in [0.25, 0.3) is 0 Å². The first-order chi connectivity index (χ1) is 8.15. The lowest BCUT2D eigenvalue weighted by molar-refractivity contribution is -0.145. The molecule has 0 saturated heterocycles. The zero-order chi connectivity index (χ0) is 12.7. The molecule has 100 valence electrons. The Labute approximate surface area is 104 Å². The quantitative estimate of drug-likeness (QED) is 0.622. The third-order valence-corrected chi connectivity index (χ3v) is 2.93. The molecule has 4 heteroatoms. The fourth-order valence-corrected chi connectivity index (χ4v) is 2.01. The monoisotopic (exact) mass is 243 g/mol. The summed E-state index contributed by atoms with van der Waals surface area (Å²) < 4.78 is 4.83. The maximum atomic E-state index is 11.2. The molecule has 1 aliphatic carbocycles. The minimum absolute atomic E-state index is 0.110. The van der Waals surface area contributed by atoms with Gasteiger partial charge in [0.25, 0.3) is 0 Å². The van der Waals surface area contributed by atoms with Crippen LogP contribution in [0, 0.1) is 5.92 Å². The van der Waals surface area contributed by atoms with Gasteiger partial charge in [0.1, 0.15) is 0 Å². The van der Waals surface area contributed by atoms with Crippen molar-refractivity contribution in [3.8, 4) is 0 Å². The molecule has 0 heterocycles. The average molecular weight is 243 g/mol. The van der Waals surface area contributed by atoms with Crippen LogP contribution < -0.4 is 0 Å². The van der Waals surface area contributed by atoms with Crippen LogP contribution in [-0.2, 0) is 9.53 Å². The van der Waals surface area contributed by atoms with E-state index < -0.39 is 6.10 Å². The van der Waals surface area contributed by atoms with Gasteiger partial charge < -0.3 is 14.7 Å². The third-order valence-electron chi connectivity index (χ3n) is 2.93.